The van der Waals surface area contributed by atoms with Gasteiger partial charge in [0, 0.05) is 4.88 Å². The number of carboxylic acid groups (broad SMARTS) is 1. The fourth-order valence-electron chi connectivity index (χ4n) is 1.53. The molecular formula is C12H9FO4S2. The molecule has 2 rings (SSSR count). The first kappa shape index (κ1) is 13.7. The van der Waals surface area contributed by atoms with Gasteiger partial charge in [-0.15, -0.1) is 11.3 Å². The minimum atomic E-state index is -3.68. The average molecular weight is 300 g/mol. The van der Waals surface area contributed by atoms with Gasteiger partial charge in [0.2, 0.25) is 0 Å². The number of rotatable bonds is 4. The zero-order valence-electron chi connectivity index (χ0n) is 9.54. The molecule has 0 aliphatic heterocycles. The van der Waals surface area contributed by atoms with Gasteiger partial charge >= 0.3 is 5.97 Å². The number of aromatic carboxylic acids is 1. The maximum atomic E-state index is 13.2. The van der Waals surface area contributed by atoms with E-state index in [9.17, 15) is 17.6 Å². The Morgan fingerprint density at radius 2 is 2.05 bits per heavy atom. The van der Waals surface area contributed by atoms with Gasteiger partial charge in [0.25, 0.3) is 0 Å². The highest BCUT2D eigenvalue weighted by molar-refractivity contribution is 7.90. The number of halogens is 1. The van der Waals surface area contributed by atoms with Gasteiger partial charge in [0.1, 0.15) is 5.82 Å². The maximum Gasteiger partial charge on any atom is 0.338 e. The SMILES string of the molecule is O=C(O)c1cc(S(=O)(=O)Cc2cccs2)ccc1F. The topological polar surface area (TPSA) is 71.4 Å². The number of sulfone groups is 1. The fourth-order valence-corrected chi connectivity index (χ4v) is 3.96. The molecule has 2 aromatic rings. The summed E-state index contributed by atoms with van der Waals surface area (Å²) in [5.74, 6) is -2.68. The fraction of sp³-hybridized carbons (Fsp3) is 0.0833. The highest BCUT2D eigenvalue weighted by Crippen LogP contribution is 2.21. The summed E-state index contributed by atoms with van der Waals surface area (Å²) >= 11 is 1.29. The molecule has 0 saturated heterocycles. The summed E-state index contributed by atoms with van der Waals surface area (Å²) in [6.45, 7) is 0. The van der Waals surface area contributed by atoms with Crippen molar-refractivity contribution in [2.45, 2.75) is 10.6 Å². The van der Waals surface area contributed by atoms with Gasteiger partial charge in [-0.1, -0.05) is 6.07 Å². The Bertz CT molecular complexity index is 705. The van der Waals surface area contributed by atoms with Crippen molar-refractivity contribution in [1.82, 2.24) is 0 Å². The molecule has 0 bridgehead atoms. The van der Waals surface area contributed by atoms with Crippen LogP contribution in [-0.4, -0.2) is 19.5 Å². The normalized spacial score (nSPS) is 11.4. The third-order valence-corrected chi connectivity index (χ3v) is 5.16. The standard InChI is InChI=1S/C12H9FO4S2/c13-11-4-3-9(6-10(11)12(14)15)19(16,17)7-8-2-1-5-18-8/h1-6H,7H2,(H,14,15). The lowest BCUT2D eigenvalue weighted by molar-refractivity contribution is 0.0691. The molecule has 0 unspecified atom stereocenters. The first-order valence-electron chi connectivity index (χ1n) is 5.18. The molecule has 0 spiro atoms. The Labute approximate surface area is 113 Å². The Morgan fingerprint density at radius 3 is 2.63 bits per heavy atom. The molecule has 19 heavy (non-hydrogen) atoms. The Kier molecular flexibility index (Phi) is 3.68. The molecule has 1 aromatic heterocycles. The first-order chi connectivity index (χ1) is 8.90. The summed E-state index contributed by atoms with van der Waals surface area (Å²) < 4.78 is 37.4. The second-order valence-corrected chi connectivity index (χ2v) is 6.81. The summed E-state index contributed by atoms with van der Waals surface area (Å²) in [6, 6.07) is 6.17. The molecule has 0 aliphatic rings. The van der Waals surface area contributed by atoms with Crippen LogP contribution in [0.1, 0.15) is 15.2 Å². The summed E-state index contributed by atoms with van der Waals surface area (Å²) in [7, 11) is -3.68. The minimum Gasteiger partial charge on any atom is -0.478 e. The number of hydrogen-bond donors (Lipinski definition) is 1. The monoisotopic (exact) mass is 300 g/mol. The third-order valence-electron chi connectivity index (χ3n) is 2.44. The molecule has 0 atom stereocenters. The minimum absolute atomic E-state index is 0.195. The van der Waals surface area contributed by atoms with E-state index in [0.29, 0.717) is 4.88 Å². The van der Waals surface area contributed by atoms with Crippen molar-refractivity contribution in [2.24, 2.45) is 0 Å². The van der Waals surface area contributed by atoms with Crippen molar-refractivity contribution in [3.63, 3.8) is 0 Å². The smallest absolute Gasteiger partial charge is 0.338 e. The van der Waals surface area contributed by atoms with Crippen LogP contribution < -0.4 is 0 Å². The van der Waals surface area contributed by atoms with Gasteiger partial charge in [-0.25, -0.2) is 17.6 Å². The molecule has 1 N–H and O–H groups in total. The molecule has 4 nitrogen and oxygen atoms in total. The lowest BCUT2D eigenvalue weighted by atomic mass is 10.2. The third kappa shape index (κ3) is 2.99. The van der Waals surface area contributed by atoms with E-state index in [4.69, 9.17) is 5.11 Å². The van der Waals surface area contributed by atoms with Gasteiger partial charge in [-0.2, -0.15) is 0 Å². The predicted molar refractivity (Wildman–Crippen MR) is 68.6 cm³/mol. The van der Waals surface area contributed by atoms with Crippen molar-refractivity contribution >= 4 is 27.1 Å². The van der Waals surface area contributed by atoms with Crippen LogP contribution in [0, 0.1) is 5.82 Å². The van der Waals surface area contributed by atoms with Crippen molar-refractivity contribution in [3.05, 3.63) is 52.0 Å². The van der Waals surface area contributed by atoms with Crippen LogP contribution in [-0.2, 0) is 15.6 Å². The van der Waals surface area contributed by atoms with Gasteiger partial charge in [-0.3, -0.25) is 0 Å². The van der Waals surface area contributed by atoms with E-state index in [0.717, 1.165) is 18.2 Å². The molecular weight excluding hydrogens is 291 g/mol. The summed E-state index contributed by atoms with van der Waals surface area (Å²) in [5.41, 5.74) is -0.646. The highest BCUT2D eigenvalue weighted by atomic mass is 32.2. The van der Waals surface area contributed by atoms with Crippen molar-refractivity contribution in [3.8, 4) is 0 Å². The molecule has 0 radical (unpaired) electrons. The van der Waals surface area contributed by atoms with Crippen LogP contribution in [0.4, 0.5) is 4.39 Å². The van der Waals surface area contributed by atoms with Crippen molar-refractivity contribution in [1.29, 1.82) is 0 Å². The maximum absolute atomic E-state index is 13.2. The lowest BCUT2D eigenvalue weighted by Gasteiger charge is -2.05. The van der Waals surface area contributed by atoms with E-state index >= 15 is 0 Å². The van der Waals surface area contributed by atoms with E-state index in [1.54, 1.807) is 17.5 Å². The first-order valence-corrected chi connectivity index (χ1v) is 7.71. The van der Waals surface area contributed by atoms with Crippen molar-refractivity contribution in [2.75, 3.05) is 0 Å². The molecule has 0 saturated carbocycles. The second kappa shape index (κ2) is 5.10. The Morgan fingerprint density at radius 1 is 1.32 bits per heavy atom. The van der Waals surface area contributed by atoms with Crippen LogP contribution in [0.15, 0.2) is 40.6 Å². The van der Waals surface area contributed by atoms with Gasteiger partial charge in [-0.05, 0) is 29.6 Å². The lowest BCUT2D eigenvalue weighted by Crippen LogP contribution is -2.07. The summed E-state index contributed by atoms with van der Waals surface area (Å²) in [6.07, 6.45) is 0. The van der Waals surface area contributed by atoms with Crippen LogP contribution in [0.2, 0.25) is 0 Å². The number of hydrogen-bond acceptors (Lipinski definition) is 4. The molecule has 1 heterocycles. The molecule has 7 heteroatoms. The van der Waals surface area contributed by atoms with E-state index in [1.165, 1.54) is 11.3 Å². The summed E-state index contributed by atoms with van der Waals surface area (Å²) in [4.78, 5) is 11.2. The predicted octanol–water partition coefficient (Wildman–Crippen LogP) is 2.56. The van der Waals surface area contributed by atoms with E-state index in [2.05, 4.69) is 0 Å². The van der Waals surface area contributed by atoms with Crippen LogP contribution in [0.5, 0.6) is 0 Å². The quantitative estimate of drug-likeness (QED) is 0.881. The molecule has 0 amide bonds. The Balaban J connectivity index is 2.41. The molecule has 100 valence electrons. The molecule has 0 fully saturated rings. The number of carboxylic acids is 1. The van der Waals surface area contributed by atoms with Crippen LogP contribution in [0.3, 0.4) is 0 Å². The van der Waals surface area contributed by atoms with E-state index < -0.39 is 27.2 Å². The van der Waals surface area contributed by atoms with E-state index in [-0.39, 0.29) is 10.6 Å². The molecule has 0 aliphatic carbocycles. The average Bonchev–Trinajstić information content (AvgIpc) is 2.80. The van der Waals surface area contributed by atoms with Crippen LogP contribution in [0.25, 0.3) is 0 Å². The molecule has 1 aromatic carbocycles. The largest absolute Gasteiger partial charge is 0.478 e. The zero-order chi connectivity index (χ0) is 14.0. The Hall–Kier alpha value is -1.73. The van der Waals surface area contributed by atoms with Gasteiger partial charge in [0.15, 0.2) is 9.84 Å². The number of thiophene rings is 1. The van der Waals surface area contributed by atoms with Gasteiger partial charge in [0.05, 0.1) is 16.2 Å². The van der Waals surface area contributed by atoms with Gasteiger partial charge < -0.3 is 5.11 Å². The summed E-state index contributed by atoms with van der Waals surface area (Å²) in [5, 5.41) is 10.5. The number of carbonyl (C=O) groups is 1. The second-order valence-electron chi connectivity index (χ2n) is 3.79. The van der Waals surface area contributed by atoms with Crippen molar-refractivity contribution < 1.29 is 22.7 Å². The highest BCUT2D eigenvalue weighted by Gasteiger charge is 2.20. The zero-order valence-corrected chi connectivity index (χ0v) is 11.2. The number of benzene rings is 1. The van der Waals surface area contributed by atoms with E-state index in [1.807, 2.05) is 0 Å². The van der Waals surface area contributed by atoms with Crippen LogP contribution >= 0.6 is 11.3 Å².